The van der Waals surface area contributed by atoms with Gasteiger partial charge in [0.25, 0.3) is 23.6 Å². The molecule has 0 spiro atoms. The molecule has 2 unspecified atom stereocenters. The number of carbonyl (C=O) groups is 5. The number of hydrogen-bond donors (Lipinski definition) is 7. The summed E-state index contributed by atoms with van der Waals surface area (Å²) in [6, 6.07) is 60.6. The van der Waals surface area contributed by atoms with Crippen molar-refractivity contribution in [1.29, 1.82) is 0 Å². The topological polar surface area (TPSA) is 341 Å². The number of thiophene rings is 4. The van der Waals surface area contributed by atoms with Gasteiger partial charge in [0.05, 0.1) is 74.0 Å². The van der Waals surface area contributed by atoms with Gasteiger partial charge in [-0.1, -0.05) is 60.7 Å². The second kappa shape index (κ2) is 35.3. The number of anilines is 9. The zero-order chi connectivity index (χ0) is 82.4. The number of rotatable bonds is 13. The molecule has 12 heterocycles. The van der Waals surface area contributed by atoms with Crippen molar-refractivity contribution in [1.82, 2.24) is 64.8 Å². The number of nitrogen functional groups attached to an aromatic ring is 1. The summed E-state index contributed by atoms with van der Waals surface area (Å²) in [4.78, 5) is 111. The quantitative estimate of drug-likeness (QED) is 0.0527. The lowest BCUT2D eigenvalue weighted by Gasteiger charge is -2.26. The molecule has 606 valence electrons. The van der Waals surface area contributed by atoms with E-state index in [1.165, 1.54) is 45.3 Å². The summed E-state index contributed by atoms with van der Waals surface area (Å²) < 4.78 is 20.2. The molecule has 4 aliphatic rings. The minimum Gasteiger partial charge on any atom is -0.444 e. The smallest absolute Gasteiger partial charge is 0.407 e. The first-order chi connectivity index (χ1) is 58.4. The number of alkyl carbamates (subject to hydrolysis) is 1. The fraction of sp³-hybridized carbons (Fsp3) is 0.225. The van der Waals surface area contributed by atoms with E-state index in [1.54, 1.807) is 17.3 Å². The molecule has 4 fully saturated rings. The van der Waals surface area contributed by atoms with Crippen LogP contribution in [-0.2, 0) is 14.2 Å². The third-order valence-electron chi connectivity index (χ3n) is 20.4. The molecule has 20 rings (SSSR count). The molecule has 2 atom stereocenters. The van der Waals surface area contributed by atoms with E-state index in [0.29, 0.717) is 113 Å². The monoisotopic (exact) mass is 1670 g/mol. The van der Waals surface area contributed by atoms with Gasteiger partial charge in [-0.2, -0.15) is 0 Å². The standard InChI is InChI=1S/C26H27N5O3S.C21H19N5O2S.C21H19N5OS.C21H18N4O2S/c1-26(2,3)34-25(33)29-18-11-12-31(15-18)23(32)21-13-19-20(35-21)10-9-16-14-27-24(30-22(16)19)28-17-7-5-4-6-8-17;22-14-2-1-3-15(10-14)24-21-23-12-13-4-5-17-16(19(13)25-21)11-18(29-17)20(27)26-6-8-28-9-7-26;22-14-8-9-26(12-14)20(27)18-10-16-17(28-18)7-6-13-11-23-21(25-19(13)16)24-15-4-2-1-3-5-15;26-20(25-8-10-27-11-9-25)18-12-16-17(28-18)7-6-14-13-22-21(24-19(14)16)23-15-4-2-1-3-5-15/h4-10,13-14,18H,11-12,15H2,1-3H3,(H,29,33)(H,27,28,30);1-5,10-12H,6-9,22H2,(H,23,24,25);1-7,10-11,14H,8-9,12,22H2,(H,23,24,25);1-7,12-13H,8-11H2,(H,22,23,24). The van der Waals surface area contributed by atoms with Gasteiger partial charge >= 0.3 is 6.09 Å². The van der Waals surface area contributed by atoms with Gasteiger partial charge in [0, 0.05) is 174 Å². The first kappa shape index (κ1) is 79.5. The molecule has 0 radical (unpaired) electrons. The fourth-order valence-electron chi connectivity index (χ4n) is 14.5. The molecule has 0 saturated carbocycles. The number of carbonyl (C=O) groups excluding carboxylic acids is 5. The van der Waals surface area contributed by atoms with Crippen LogP contribution in [0.4, 0.5) is 57.0 Å². The van der Waals surface area contributed by atoms with E-state index < -0.39 is 11.7 Å². The average molecular weight is 1680 g/mol. The van der Waals surface area contributed by atoms with Crippen LogP contribution in [0.15, 0.2) is 213 Å². The number of morpholine rings is 2. The van der Waals surface area contributed by atoms with Crippen molar-refractivity contribution in [3.05, 3.63) is 232 Å². The average Bonchev–Trinajstić information content (AvgIpc) is 1.62. The van der Waals surface area contributed by atoms with Crippen LogP contribution in [0.3, 0.4) is 0 Å². The van der Waals surface area contributed by atoms with E-state index in [-0.39, 0.29) is 35.7 Å². The molecular weight excluding hydrogens is 1590 g/mol. The predicted octanol–water partition coefficient (Wildman–Crippen LogP) is 16.8. The molecule has 0 bridgehead atoms. The zero-order valence-electron chi connectivity index (χ0n) is 65.7. The van der Waals surface area contributed by atoms with Crippen LogP contribution in [0.1, 0.15) is 72.3 Å². The number of para-hydroxylation sites is 3. The molecular formula is C89H83N19O8S4. The lowest BCUT2D eigenvalue weighted by Crippen LogP contribution is -2.41. The summed E-state index contributed by atoms with van der Waals surface area (Å²) in [6.07, 6.45) is 8.31. The van der Waals surface area contributed by atoms with Gasteiger partial charge in [-0.25, -0.2) is 44.7 Å². The second-order valence-corrected chi connectivity index (χ2v) is 34.4. The van der Waals surface area contributed by atoms with Gasteiger partial charge in [-0.05, 0) is 161 Å². The van der Waals surface area contributed by atoms with Crippen LogP contribution in [0.25, 0.3) is 84.0 Å². The lowest BCUT2D eigenvalue weighted by molar-refractivity contribution is 0.0304. The van der Waals surface area contributed by atoms with Crippen LogP contribution in [-0.4, -0.2) is 186 Å². The molecule has 16 aromatic rings. The van der Waals surface area contributed by atoms with Crippen molar-refractivity contribution in [3.63, 3.8) is 0 Å². The van der Waals surface area contributed by atoms with Crippen LogP contribution >= 0.6 is 45.3 Å². The van der Waals surface area contributed by atoms with E-state index >= 15 is 0 Å². The Morgan fingerprint density at radius 3 is 1.07 bits per heavy atom. The maximum absolute atomic E-state index is 13.3. The Morgan fingerprint density at radius 2 is 0.733 bits per heavy atom. The van der Waals surface area contributed by atoms with Gasteiger partial charge < -0.3 is 71.9 Å². The molecule has 9 N–H and O–H groups in total. The van der Waals surface area contributed by atoms with E-state index in [2.05, 4.69) is 46.5 Å². The van der Waals surface area contributed by atoms with Crippen LogP contribution in [0.2, 0.25) is 0 Å². The van der Waals surface area contributed by atoms with Crippen molar-refractivity contribution in [3.8, 4) is 0 Å². The molecule has 4 saturated heterocycles. The molecule has 8 aromatic carbocycles. The third-order valence-corrected chi connectivity index (χ3v) is 24.7. The van der Waals surface area contributed by atoms with Crippen molar-refractivity contribution < 1.29 is 38.2 Å². The maximum Gasteiger partial charge on any atom is 0.407 e. The maximum atomic E-state index is 13.3. The van der Waals surface area contributed by atoms with E-state index in [0.717, 1.165) is 134 Å². The summed E-state index contributed by atoms with van der Waals surface area (Å²) in [5, 5.41) is 23.4. The van der Waals surface area contributed by atoms with Crippen molar-refractivity contribution in [2.75, 3.05) is 106 Å². The number of nitrogens with two attached hydrogens (primary N) is 2. The van der Waals surface area contributed by atoms with Crippen molar-refractivity contribution in [2.45, 2.75) is 51.3 Å². The third kappa shape index (κ3) is 18.5. The van der Waals surface area contributed by atoms with E-state index in [9.17, 15) is 24.0 Å². The SMILES string of the molecule is CC(C)(C)OC(=O)NC1CCN(C(=O)c2cc3c(ccc4cnc(Nc5ccccc5)nc43)s2)C1.NC1CCN(C(=O)c2cc3c(ccc4cnc(Nc5ccccc5)nc43)s2)C1.Nc1cccc(Nc2ncc3ccc4sc(C(=O)N5CCOCC5)cc4c3n2)c1.O=C(c1cc2c(ccc3cnc(Nc4ccccc4)nc32)s1)N1CCOCC1. The van der Waals surface area contributed by atoms with Crippen molar-refractivity contribution >= 4 is 211 Å². The largest absolute Gasteiger partial charge is 0.444 e. The van der Waals surface area contributed by atoms with Gasteiger partial charge in [0.15, 0.2) is 0 Å². The van der Waals surface area contributed by atoms with Gasteiger partial charge in [-0.3, -0.25) is 19.2 Å². The molecule has 5 amide bonds. The second-order valence-electron chi connectivity index (χ2n) is 30.1. The Kier molecular flexibility index (Phi) is 23.4. The number of likely N-dealkylation sites (tertiary alicyclic amines) is 2. The van der Waals surface area contributed by atoms with Gasteiger partial charge in [0.2, 0.25) is 23.8 Å². The fourth-order valence-corrected chi connectivity index (χ4v) is 18.6. The highest BCUT2D eigenvalue weighted by molar-refractivity contribution is 7.22. The summed E-state index contributed by atoms with van der Waals surface area (Å²) in [6.45, 7) is 12.8. The Balaban J connectivity index is 0.000000115. The minimum atomic E-state index is -0.557. The number of nitrogens with one attached hydrogen (secondary N) is 5. The summed E-state index contributed by atoms with van der Waals surface area (Å²) in [5.41, 5.74) is 18.8. The summed E-state index contributed by atoms with van der Waals surface area (Å²) in [5.74, 6) is 2.20. The van der Waals surface area contributed by atoms with Crippen LogP contribution in [0.5, 0.6) is 0 Å². The number of nitrogens with zero attached hydrogens (tertiary/aromatic N) is 12. The normalized spacial score (nSPS) is 15.4. The Bertz CT molecular complexity index is 6320. The first-order valence-corrected chi connectivity index (χ1v) is 42.6. The molecule has 120 heavy (non-hydrogen) atoms. The van der Waals surface area contributed by atoms with Crippen LogP contribution < -0.4 is 38.1 Å². The Morgan fingerprint density at radius 1 is 0.400 bits per heavy atom. The molecule has 0 aliphatic carbocycles. The summed E-state index contributed by atoms with van der Waals surface area (Å²) >= 11 is 5.97. The number of amides is 5. The summed E-state index contributed by atoms with van der Waals surface area (Å²) in [7, 11) is 0. The number of ether oxygens (including phenoxy) is 3. The van der Waals surface area contributed by atoms with E-state index in [4.69, 9.17) is 45.6 Å². The minimum absolute atomic E-state index is 0.0375. The molecule has 31 heteroatoms. The highest BCUT2D eigenvalue weighted by Gasteiger charge is 2.32. The molecule has 4 aliphatic heterocycles. The molecule has 8 aromatic heterocycles. The number of fused-ring (bicyclic) bond motifs is 12. The highest BCUT2D eigenvalue weighted by atomic mass is 32.1. The zero-order valence-corrected chi connectivity index (χ0v) is 68.9. The first-order valence-electron chi connectivity index (χ1n) is 39.3. The predicted molar refractivity (Wildman–Crippen MR) is 479 cm³/mol. The Hall–Kier alpha value is -13.0. The van der Waals surface area contributed by atoms with Crippen LogP contribution in [0, 0.1) is 0 Å². The molecule has 27 nitrogen and oxygen atoms in total. The number of benzene rings is 8. The number of aromatic nitrogens is 8. The van der Waals surface area contributed by atoms with Gasteiger partial charge in [-0.15, -0.1) is 45.3 Å². The van der Waals surface area contributed by atoms with Gasteiger partial charge in [0.1, 0.15) is 5.60 Å². The number of hydrogen-bond acceptors (Lipinski definition) is 26. The Labute approximate surface area is 704 Å². The lowest BCUT2D eigenvalue weighted by atomic mass is 10.1. The highest BCUT2D eigenvalue weighted by Crippen LogP contribution is 2.38. The van der Waals surface area contributed by atoms with E-state index in [1.807, 2.05) is 236 Å². The van der Waals surface area contributed by atoms with Crippen molar-refractivity contribution in [2.24, 2.45) is 5.73 Å².